The second-order valence-electron chi connectivity index (χ2n) is 4.94. The van der Waals surface area contributed by atoms with Gasteiger partial charge in [0.1, 0.15) is 11.6 Å². The van der Waals surface area contributed by atoms with E-state index in [1.54, 1.807) is 19.2 Å². The second-order valence-corrected chi connectivity index (χ2v) is 4.94. The van der Waals surface area contributed by atoms with Crippen molar-refractivity contribution in [3.8, 4) is 5.75 Å². The van der Waals surface area contributed by atoms with Gasteiger partial charge in [-0.25, -0.2) is 4.39 Å². The molecule has 1 aliphatic carbocycles. The summed E-state index contributed by atoms with van der Waals surface area (Å²) in [7, 11) is 3.22. The maximum atomic E-state index is 13.9. The fourth-order valence-electron chi connectivity index (χ4n) is 2.51. The summed E-state index contributed by atoms with van der Waals surface area (Å²) in [4.78, 5) is 0. The Morgan fingerprint density at radius 3 is 2.56 bits per heavy atom. The standard InChI is InChI=1S/C14H20FNO2/c1-17-10-4-5-11(12(15)8-10)13(16)9-14(18-2)6-3-7-14/h4-5,8,13H,3,6-7,9,16H2,1-2H3. The number of nitrogens with two attached hydrogens (primary N) is 1. The van der Waals surface area contributed by atoms with Crippen LogP contribution in [-0.2, 0) is 4.74 Å². The zero-order valence-corrected chi connectivity index (χ0v) is 10.9. The molecule has 0 aliphatic heterocycles. The number of hydrogen-bond donors (Lipinski definition) is 1. The molecule has 1 aromatic rings. The molecule has 18 heavy (non-hydrogen) atoms. The van der Waals surface area contributed by atoms with E-state index in [1.807, 2.05) is 0 Å². The van der Waals surface area contributed by atoms with E-state index in [4.69, 9.17) is 15.2 Å². The summed E-state index contributed by atoms with van der Waals surface area (Å²) in [5, 5.41) is 0. The van der Waals surface area contributed by atoms with Gasteiger partial charge in [0.2, 0.25) is 0 Å². The zero-order chi connectivity index (χ0) is 13.2. The van der Waals surface area contributed by atoms with Crippen molar-refractivity contribution in [1.29, 1.82) is 0 Å². The van der Waals surface area contributed by atoms with Crippen LogP contribution in [0.1, 0.15) is 37.3 Å². The minimum Gasteiger partial charge on any atom is -0.497 e. The van der Waals surface area contributed by atoms with E-state index in [2.05, 4.69) is 0 Å². The lowest BCUT2D eigenvalue weighted by molar-refractivity contribution is -0.0818. The van der Waals surface area contributed by atoms with Crippen molar-refractivity contribution in [2.75, 3.05) is 14.2 Å². The lowest BCUT2D eigenvalue weighted by atomic mass is 9.75. The van der Waals surface area contributed by atoms with Gasteiger partial charge in [-0.15, -0.1) is 0 Å². The fraction of sp³-hybridized carbons (Fsp3) is 0.571. The zero-order valence-electron chi connectivity index (χ0n) is 10.9. The molecule has 1 aromatic carbocycles. The van der Waals surface area contributed by atoms with Gasteiger partial charge in [0.25, 0.3) is 0 Å². The van der Waals surface area contributed by atoms with Crippen LogP contribution in [-0.4, -0.2) is 19.8 Å². The van der Waals surface area contributed by atoms with E-state index in [0.717, 1.165) is 19.3 Å². The molecule has 0 spiro atoms. The van der Waals surface area contributed by atoms with Gasteiger partial charge in [-0.1, -0.05) is 6.07 Å². The monoisotopic (exact) mass is 253 g/mol. The molecule has 1 atom stereocenters. The Labute approximate surface area is 107 Å². The highest BCUT2D eigenvalue weighted by molar-refractivity contribution is 5.31. The van der Waals surface area contributed by atoms with Gasteiger partial charge in [-0.2, -0.15) is 0 Å². The number of halogens is 1. The number of rotatable bonds is 5. The van der Waals surface area contributed by atoms with Crippen molar-refractivity contribution in [3.63, 3.8) is 0 Å². The van der Waals surface area contributed by atoms with Crippen LogP contribution in [0.5, 0.6) is 5.75 Å². The molecule has 1 saturated carbocycles. The Balaban J connectivity index is 2.11. The Kier molecular flexibility index (Phi) is 3.88. The second kappa shape index (κ2) is 5.24. The highest BCUT2D eigenvalue weighted by Gasteiger charge is 2.38. The molecule has 2 rings (SSSR count). The molecular weight excluding hydrogens is 233 g/mol. The van der Waals surface area contributed by atoms with E-state index in [-0.39, 0.29) is 17.5 Å². The van der Waals surface area contributed by atoms with E-state index in [9.17, 15) is 4.39 Å². The van der Waals surface area contributed by atoms with Crippen LogP contribution in [0.2, 0.25) is 0 Å². The summed E-state index contributed by atoms with van der Waals surface area (Å²) in [6, 6.07) is 4.46. The molecule has 0 radical (unpaired) electrons. The van der Waals surface area contributed by atoms with E-state index < -0.39 is 0 Å². The van der Waals surface area contributed by atoms with Gasteiger partial charge in [0.15, 0.2) is 0 Å². The molecule has 100 valence electrons. The van der Waals surface area contributed by atoms with Crippen LogP contribution in [0.15, 0.2) is 18.2 Å². The number of benzene rings is 1. The lowest BCUT2D eigenvalue weighted by Crippen LogP contribution is -2.42. The third-order valence-electron chi connectivity index (χ3n) is 3.90. The summed E-state index contributed by atoms with van der Waals surface area (Å²) >= 11 is 0. The maximum Gasteiger partial charge on any atom is 0.131 e. The quantitative estimate of drug-likeness (QED) is 0.877. The summed E-state index contributed by atoms with van der Waals surface area (Å²) < 4.78 is 24.4. The first-order valence-corrected chi connectivity index (χ1v) is 6.24. The molecular formula is C14H20FNO2. The highest BCUT2D eigenvalue weighted by atomic mass is 19.1. The van der Waals surface area contributed by atoms with E-state index in [1.165, 1.54) is 13.2 Å². The Bertz CT molecular complexity index is 413. The van der Waals surface area contributed by atoms with Gasteiger partial charge < -0.3 is 15.2 Å². The molecule has 0 aromatic heterocycles. The Morgan fingerprint density at radius 1 is 1.39 bits per heavy atom. The molecule has 2 N–H and O–H groups in total. The predicted molar refractivity (Wildman–Crippen MR) is 68.1 cm³/mol. The average Bonchev–Trinajstić information content (AvgIpc) is 2.33. The number of methoxy groups -OCH3 is 2. The van der Waals surface area contributed by atoms with Crippen LogP contribution in [0.4, 0.5) is 4.39 Å². The van der Waals surface area contributed by atoms with Gasteiger partial charge in [-0.05, 0) is 31.7 Å². The SMILES string of the molecule is COc1ccc(C(N)CC2(OC)CCC2)c(F)c1. The third kappa shape index (κ3) is 2.49. The van der Waals surface area contributed by atoms with Gasteiger partial charge in [-0.3, -0.25) is 0 Å². The first-order valence-electron chi connectivity index (χ1n) is 6.24. The normalized spacial score (nSPS) is 19.1. The lowest BCUT2D eigenvalue weighted by Gasteiger charge is -2.42. The molecule has 1 unspecified atom stereocenters. The fourth-order valence-corrected chi connectivity index (χ4v) is 2.51. The van der Waals surface area contributed by atoms with Crippen LogP contribution in [0.25, 0.3) is 0 Å². The van der Waals surface area contributed by atoms with Crippen molar-refractivity contribution in [3.05, 3.63) is 29.6 Å². The molecule has 1 fully saturated rings. The Hall–Kier alpha value is -1.13. The summed E-state index contributed by atoms with van der Waals surface area (Å²) in [5.41, 5.74) is 6.48. The third-order valence-corrected chi connectivity index (χ3v) is 3.90. The molecule has 0 heterocycles. The van der Waals surface area contributed by atoms with Crippen LogP contribution in [0, 0.1) is 5.82 Å². The molecule has 4 heteroatoms. The summed E-state index contributed by atoms with van der Waals surface area (Å²) in [6.45, 7) is 0. The summed E-state index contributed by atoms with van der Waals surface area (Å²) in [5.74, 6) is 0.195. The number of ether oxygens (including phenoxy) is 2. The molecule has 0 saturated heterocycles. The van der Waals surface area contributed by atoms with Crippen LogP contribution in [0.3, 0.4) is 0 Å². The van der Waals surface area contributed by atoms with E-state index >= 15 is 0 Å². The number of hydrogen-bond acceptors (Lipinski definition) is 3. The Morgan fingerprint density at radius 2 is 2.11 bits per heavy atom. The molecule has 3 nitrogen and oxygen atoms in total. The van der Waals surface area contributed by atoms with E-state index in [0.29, 0.717) is 17.7 Å². The highest BCUT2D eigenvalue weighted by Crippen LogP contribution is 2.41. The van der Waals surface area contributed by atoms with Crippen molar-refractivity contribution in [2.24, 2.45) is 5.73 Å². The maximum absolute atomic E-state index is 13.9. The smallest absolute Gasteiger partial charge is 0.131 e. The summed E-state index contributed by atoms with van der Waals surface area (Å²) in [6.07, 6.45) is 3.84. The minimum atomic E-state index is -0.337. The van der Waals surface area contributed by atoms with Gasteiger partial charge in [0, 0.05) is 24.8 Å². The average molecular weight is 253 g/mol. The van der Waals surface area contributed by atoms with Crippen molar-refractivity contribution < 1.29 is 13.9 Å². The molecule has 0 bridgehead atoms. The molecule has 1 aliphatic rings. The van der Waals surface area contributed by atoms with Crippen LogP contribution < -0.4 is 10.5 Å². The predicted octanol–water partition coefficient (Wildman–Crippen LogP) is 2.79. The van der Waals surface area contributed by atoms with Crippen molar-refractivity contribution in [2.45, 2.75) is 37.3 Å². The minimum absolute atomic E-state index is 0.147. The topological polar surface area (TPSA) is 44.5 Å². The molecule has 0 amide bonds. The van der Waals surface area contributed by atoms with Crippen molar-refractivity contribution in [1.82, 2.24) is 0 Å². The van der Waals surface area contributed by atoms with Gasteiger partial charge >= 0.3 is 0 Å². The van der Waals surface area contributed by atoms with Crippen LogP contribution >= 0.6 is 0 Å². The first kappa shape index (κ1) is 13.3. The first-order chi connectivity index (χ1) is 8.60. The largest absolute Gasteiger partial charge is 0.497 e. The van der Waals surface area contributed by atoms with Crippen molar-refractivity contribution >= 4 is 0 Å². The van der Waals surface area contributed by atoms with Gasteiger partial charge in [0.05, 0.1) is 12.7 Å².